The van der Waals surface area contributed by atoms with Crippen molar-refractivity contribution in [3.8, 4) is 0 Å². The number of unbranched alkanes of at least 4 members (excludes halogenated alkanes) is 6. The fourth-order valence-electron chi connectivity index (χ4n) is 2.35. The van der Waals surface area contributed by atoms with E-state index in [9.17, 15) is 9.90 Å². The van der Waals surface area contributed by atoms with Crippen molar-refractivity contribution in [2.24, 2.45) is 0 Å². The van der Waals surface area contributed by atoms with Crippen molar-refractivity contribution in [1.29, 1.82) is 0 Å². The number of amides is 1. The first-order chi connectivity index (χ1) is 12.5. The van der Waals surface area contributed by atoms with Gasteiger partial charge in [-0.25, -0.2) is 4.79 Å². The zero-order chi connectivity index (χ0) is 19.7. The van der Waals surface area contributed by atoms with Crippen LogP contribution >= 0.6 is 0 Å². The van der Waals surface area contributed by atoms with Gasteiger partial charge >= 0.3 is 6.09 Å². The van der Waals surface area contributed by atoms with Crippen molar-refractivity contribution in [1.82, 2.24) is 5.32 Å². The number of rotatable bonds is 17. The summed E-state index contributed by atoms with van der Waals surface area (Å²) in [6.07, 6.45) is 8.39. The maximum atomic E-state index is 11.8. The molecular weight excluding hydrogens is 334 g/mol. The molecule has 0 saturated heterocycles. The molecule has 0 aromatic carbocycles. The summed E-state index contributed by atoms with van der Waals surface area (Å²) in [5, 5.41) is 12.0. The summed E-state index contributed by atoms with van der Waals surface area (Å²) in [4.78, 5) is 11.8. The van der Waals surface area contributed by atoms with Crippen LogP contribution in [-0.2, 0) is 14.2 Å². The molecule has 0 aromatic rings. The van der Waals surface area contributed by atoms with E-state index in [4.69, 9.17) is 14.2 Å². The number of alkyl carbamates (subject to hydrolysis) is 1. The molecule has 0 aliphatic carbocycles. The summed E-state index contributed by atoms with van der Waals surface area (Å²) < 4.78 is 17.1. The molecule has 26 heavy (non-hydrogen) atoms. The Morgan fingerprint density at radius 1 is 0.962 bits per heavy atom. The maximum absolute atomic E-state index is 11.8. The number of carbonyl (C=O) groups is 1. The third-order valence-electron chi connectivity index (χ3n) is 4.23. The van der Waals surface area contributed by atoms with Gasteiger partial charge in [-0.1, -0.05) is 59.3 Å². The minimum atomic E-state index is -0.931. The number of ether oxygens (including phenoxy) is 3. The second-order valence-corrected chi connectivity index (χ2v) is 6.97. The van der Waals surface area contributed by atoms with E-state index in [2.05, 4.69) is 19.2 Å². The Balaban J connectivity index is 4.29. The van der Waals surface area contributed by atoms with Gasteiger partial charge in [0.2, 0.25) is 0 Å². The molecule has 6 heteroatoms. The number of nitrogens with one attached hydrogen (secondary N) is 1. The quantitative estimate of drug-likeness (QED) is 0.291. The Hall–Kier alpha value is -0.850. The van der Waals surface area contributed by atoms with Gasteiger partial charge in [0.1, 0.15) is 6.61 Å². The normalized spacial score (nSPS) is 12.8. The fraction of sp³-hybridized carbons (Fsp3) is 0.950. The van der Waals surface area contributed by atoms with Crippen LogP contribution in [0.4, 0.5) is 4.79 Å². The lowest BCUT2D eigenvalue weighted by atomic mass is 10.2. The van der Waals surface area contributed by atoms with E-state index in [-0.39, 0.29) is 13.2 Å². The molecule has 0 aliphatic rings. The topological polar surface area (TPSA) is 77.0 Å². The lowest BCUT2D eigenvalue weighted by Crippen LogP contribution is -2.41. The van der Waals surface area contributed by atoms with Gasteiger partial charge in [0.25, 0.3) is 0 Å². The number of hydrogen-bond donors (Lipinski definition) is 2. The van der Waals surface area contributed by atoms with Gasteiger partial charge in [-0.3, -0.25) is 0 Å². The molecule has 0 rings (SSSR count). The molecule has 0 aromatic heterocycles. The third-order valence-corrected chi connectivity index (χ3v) is 4.23. The molecule has 1 amide bonds. The molecule has 0 radical (unpaired) electrons. The molecule has 0 aliphatic heterocycles. The van der Waals surface area contributed by atoms with Crippen molar-refractivity contribution >= 4 is 6.09 Å². The van der Waals surface area contributed by atoms with Crippen molar-refractivity contribution in [3.05, 3.63) is 0 Å². The lowest BCUT2D eigenvalue weighted by molar-refractivity contribution is -0.243. The highest BCUT2D eigenvalue weighted by molar-refractivity contribution is 5.67. The molecule has 1 atom stereocenters. The Kier molecular flexibility index (Phi) is 15.8. The molecule has 0 saturated carbocycles. The lowest BCUT2D eigenvalue weighted by Gasteiger charge is -2.29. The average Bonchev–Trinajstić information content (AvgIpc) is 2.64. The summed E-state index contributed by atoms with van der Waals surface area (Å²) >= 11 is 0. The molecule has 0 spiro atoms. The summed E-state index contributed by atoms with van der Waals surface area (Å²) in [6.45, 7) is 9.41. The minimum absolute atomic E-state index is 0.0304. The first kappa shape index (κ1) is 25.1. The van der Waals surface area contributed by atoms with Crippen LogP contribution in [0.5, 0.6) is 0 Å². The highest BCUT2D eigenvalue weighted by atomic mass is 16.7. The van der Waals surface area contributed by atoms with E-state index in [1.54, 1.807) is 0 Å². The minimum Gasteiger partial charge on any atom is -0.444 e. The van der Waals surface area contributed by atoms with E-state index in [0.29, 0.717) is 19.6 Å². The van der Waals surface area contributed by atoms with Crippen LogP contribution in [0.3, 0.4) is 0 Å². The van der Waals surface area contributed by atoms with Crippen LogP contribution in [0.15, 0.2) is 0 Å². The number of aliphatic hydroxyl groups is 1. The van der Waals surface area contributed by atoms with Crippen LogP contribution in [0.25, 0.3) is 0 Å². The van der Waals surface area contributed by atoms with E-state index in [0.717, 1.165) is 25.7 Å². The van der Waals surface area contributed by atoms with Gasteiger partial charge in [-0.05, 0) is 26.2 Å². The Bertz CT molecular complexity index is 324. The van der Waals surface area contributed by atoms with Gasteiger partial charge in [0.05, 0.1) is 19.3 Å². The van der Waals surface area contributed by atoms with Crippen LogP contribution in [0.1, 0.15) is 85.5 Å². The largest absolute Gasteiger partial charge is 0.444 e. The summed E-state index contributed by atoms with van der Waals surface area (Å²) in [7, 11) is 0. The molecule has 0 heterocycles. The van der Waals surface area contributed by atoms with Crippen molar-refractivity contribution in [2.75, 3.05) is 26.4 Å². The first-order valence-corrected chi connectivity index (χ1v) is 10.3. The van der Waals surface area contributed by atoms with Crippen molar-refractivity contribution < 1.29 is 24.1 Å². The fourth-order valence-corrected chi connectivity index (χ4v) is 2.35. The van der Waals surface area contributed by atoms with E-state index in [1.807, 2.05) is 13.8 Å². The van der Waals surface area contributed by atoms with Gasteiger partial charge in [-0.2, -0.15) is 0 Å². The summed E-state index contributed by atoms with van der Waals surface area (Å²) in [6, 6.07) is 0. The highest BCUT2D eigenvalue weighted by Gasteiger charge is 2.28. The van der Waals surface area contributed by atoms with Gasteiger partial charge < -0.3 is 24.6 Å². The molecular formula is C20H41NO5. The standard InChI is InChI=1S/C20H41NO5/c1-5-8-10-12-14-25-20(4,26-15-13-11-9-6-2)17-24-19(23)21-16-18(22)7-3/h18,22H,5-17H2,1-4H3,(H,21,23). The molecule has 2 N–H and O–H groups in total. The second-order valence-electron chi connectivity index (χ2n) is 6.97. The van der Waals surface area contributed by atoms with Crippen molar-refractivity contribution in [2.45, 2.75) is 97.4 Å². The average molecular weight is 376 g/mol. The number of carbonyl (C=O) groups excluding carboxylic acids is 1. The first-order valence-electron chi connectivity index (χ1n) is 10.3. The Labute approximate surface area is 160 Å². The monoisotopic (exact) mass is 375 g/mol. The third kappa shape index (κ3) is 14.3. The summed E-state index contributed by atoms with van der Waals surface area (Å²) in [5.41, 5.74) is 0. The highest BCUT2D eigenvalue weighted by Crippen LogP contribution is 2.16. The van der Waals surface area contributed by atoms with E-state index >= 15 is 0 Å². The summed E-state index contributed by atoms with van der Waals surface area (Å²) in [5.74, 6) is -0.931. The van der Waals surface area contributed by atoms with Gasteiger partial charge in [0.15, 0.2) is 5.79 Å². The molecule has 156 valence electrons. The molecule has 6 nitrogen and oxygen atoms in total. The Morgan fingerprint density at radius 2 is 1.50 bits per heavy atom. The van der Waals surface area contributed by atoms with Crippen LogP contribution < -0.4 is 5.32 Å². The number of aliphatic hydroxyl groups excluding tert-OH is 1. The molecule has 1 unspecified atom stereocenters. The van der Waals surface area contributed by atoms with Crippen LogP contribution in [-0.4, -0.2) is 49.5 Å². The molecule has 0 bridgehead atoms. The number of hydrogen-bond acceptors (Lipinski definition) is 5. The van der Waals surface area contributed by atoms with Crippen LogP contribution in [0, 0.1) is 0 Å². The zero-order valence-electron chi connectivity index (χ0n) is 17.3. The van der Waals surface area contributed by atoms with Gasteiger partial charge in [0, 0.05) is 6.54 Å². The predicted molar refractivity (Wildman–Crippen MR) is 104 cm³/mol. The van der Waals surface area contributed by atoms with E-state index in [1.165, 1.54) is 25.7 Å². The second kappa shape index (κ2) is 16.3. The van der Waals surface area contributed by atoms with Crippen molar-refractivity contribution in [3.63, 3.8) is 0 Å². The maximum Gasteiger partial charge on any atom is 0.407 e. The zero-order valence-corrected chi connectivity index (χ0v) is 17.3. The SMILES string of the molecule is CCCCCCOC(C)(COC(=O)NCC(O)CC)OCCCCCC. The van der Waals surface area contributed by atoms with Gasteiger partial charge in [-0.15, -0.1) is 0 Å². The Morgan fingerprint density at radius 3 is 1.96 bits per heavy atom. The smallest absolute Gasteiger partial charge is 0.407 e. The molecule has 0 fully saturated rings. The van der Waals surface area contributed by atoms with E-state index < -0.39 is 18.0 Å². The predicted octanol–water partition coefficient (Wildman–Crippen LogP) is 4.39. The van der Waals surface area contributed by atoms with Crippen LogP contribution in [0.2, 0.25) is 0 Å².